The average molecular weight is 282 g/mol. The minimum Gasteiger partial charge on any atom is -0.372 e. The highest BCUT2D eigenvalue weighted by atomic mass is 19.4. The summed E-state index contributed by atoms with van der Waals surface area (Å²) in [5.74, 6) is -2.71. The standard InChI is InChI=1S/C12H11F5O2/c13-10-3-1-2-8(11(10)14)6-9(18)4-5-19-7-12(15,16)17/h1-3H,4-7H2. The van der Waals surface area contributed by atoms with Crippen LogP contribution in [0.5, 0.6) is 0 Å². The molecule has 19 heavy (non-hydrogen) atoms. The van der Waals surface area contributed by atoms with Crippen molar-refractivity contribution in [2.75, 3.05) is 13.2 Å². The Hall–Kier alpha value is -1.50. The molecular weight excluding hydrogens is 271 g/mol. The molecule has 106 valence electrons. The Morgan fingerprint density at radius 2 is 1.89 bits per heavy atom. The second-order valence-electron chi connectivity index (χ2n) is 3.85. The number of rotatable bonds is 6. The molecule has 7 heteroatoms. The fourth-order valence-corrected chi connectivity index (χ4v) is 1.36. The van der Waals surface area contributed by atoms with Gasteiger partial charge in [0.05, 0.1) is 6.61 Å². The molecule has 0 spiro atoms. The fraction of sp³-hybridized carbons (Fsp3) is 0.417. The lowest BCUT2D eigenvalue weighted by Gasteiger charge is -2.07. The summed E-state index contributed by atoms with van der Waals surface area (Å²) in [5.41, 5.74) is -0.124. The lowest BCUT2D eigenvalue weighted by Crippen LogP contribution is -2.18. The third-order valence-corrected chi connectivity index (χ3v) is 2.21. The number of hydrogen-bond donors (Lipinski definition) is 0. The van der Waals surface area contributed by atoms with Crippen molar-refractivity contribution in [3.63, 3.8) is 0 Å². The van der Waals surface area contributed by atoms with Crippen LogP contribution in [0.2, 0.25) is 0 Å². The van der Waals surface area contributed by atoms with Gasteiger partial charge in [-0.25, -0.2) is 8.78 Å². The zero-order valence-corrected chi connectivity index (χ0v) is 9.77. The summed E-state index contributed by atoms with van der Waals surface area (Å²) in [6, 6.07) is 3.41. The van der Waals surface area contributed by atoms with Crippen LogP contribution in [0.1, 0.15) is 12.0 Å². The number of carbonyl (C=O) groups is 1. The molecule has 2 nitrogen and oxygen atoms in total. The molecule has 1 rings (SSSR count). The van der Waals surface area contributed by atoms with Gasteiger partial charge in [-0.05, 0) is 11.6 Å². The molecule has 0 aromatic heterocycles. The fourth-order valence-electron chi connectivity index (χ4n) is 1.36. The van der Waals surface area contributed by atoms with E-state index >= 15 is 0 Å². The van der Waals surface area contributed by atoms with Crippen molar-refractivity contribution in [1.82, 2.24) is 0 Å². The maximum atomic E-state index is 13.2. The summed E-state index contributed by atoms with van der Waals surface area (Å²) in [5, 5.41) is 0. The molecule has 0 saturated carbocycles. The van der Waals surface area contributed by atoms with E-state index in [9.17, 15) is 26.7 Å². The van der Waals surface area contributed by atoms with Gasteiger partial charge in [0.15, 0.2) is 11.6 Å². The van der Waals surface area contributed by atoms with Crippen LogP contribution in [0.3, 0.4) is 0 Å². The first-order valence-electron chi connectivity index (χ1n) is 5.38. The first-order valence-corrected chi connectivity index (χ1v) is 5.38. The van der Waals surface area contributed by atoms with Crippen LogP contribution in [0, 0.1) is 11.6 Å². The largest absolute Gasteiger partial charge is 0.411 e. The molecule has 0 atom stereocenters. The van der Waals surface area contributed by atoms with Crippen molar-refractivity contribution < 1.29 is 31.5 Å². The van der Waals surface area contributed by atoms with Gasteiger partial charge in [0.2, 0.25) is 0 Å². The van der Waals surface area contributed by atoms with E-state index in [0.29, 0.717) is 0 Å². The number of carbonyl (C=O) groups excluding carboxylic acids is 1. The number of halogens is 5. The van der Waals surface area contributed by atoms with E-state index in [2.05, 4.69) is 4.74 Å². The molecule has 0 fully saturated rings. The van der Waals surface area contributed by atoms with Crippen LogP contribution in [0.25, 0.3) is 0 Å². The lowest BCUT2D eigenvalue weighted by atomic mass is 10.1. The second kappa shape index (κ2) is 6.60. The first kappa shape index (κ1) is 15.6. The molecule has 1 aromatic rings. The number of benzene rings is 1. The smallest absolute Gasteiger partial charge is 0.372 e. The van der Waals surface area contributed by atoms with Gasteiger partial charge in [0.25, 0.3) is 0 Å². The molecule has 0 aliphatic heterocycles. The van der Waals surface area contributed by atoms with E-state index in [1.165, 1.54) is 12.1 Å². The maximum Gasteiger partial charge on any atom is 0.411 e. The Bertz CT molecular complexity index is 442. The van der Waals surface area contributed by atoms with Crippen LogP contribution in [0.15, 0.2) is 18.2 Å². The third kappa shape index (κ3) is 5.78. The molecule has 0 aliphatic rings. The van der Waals surface area contributed by atoms with Gasteiger partial charge < -0.3 is 4.74 Å². The number of hydrogen-bond acceptors (Lipinski definition) is 2. The van der Waals surface area contributed by atoms with Crippen molar-refractivity contribution in [2.45, 2.75) is 19.0 Å². The van der Waals surface area contributed by atoms with Crippen molar-refractivity contribution in [3.05, 3.63) is 35.4 Å². The van der Waals surface area contributed by atoms with Gasteiger partial charge in [0.1, 0.15) is 12.4 Å². The van der Waals surface area contributed by atoms with Crippen molar-refractivity contribution in [1.29, 1.82) is 0 Å². The molecule has 0 unspecified atom stereocenters. The minimum atomic E-state index is -4.45. The SMILES string of the molecule is O=C(CCOCC(F)(F)F)Cc1cccc(F)c1F. The van der Waals surface area contributed by atoms with Crippen LogP contribution < -0.4 is 0 Å². The molecule has 0 radical (unpaired) electrons. The van der Waals surface area contributed by atoms with E-state index < -0.39 is 36.8 Å². The van der Waals surface area contributed by atoms with E-state index in [0.717, 1.165) is 6.07 Å². The van der Waals surface area contributed by atoms with Gasteiger partial charge in [-0.15, -0.1) is 0 Å². The summed E-state index contributed by atoms with van der Waals surface area (Å²) in [4.78, 5) is 11.4. The van der Waals surface area contributed by atoms with Gasteiger partial charge in [-0.2, -0.15) is 13.2 Å². The number of ether oxygens (including phenoxy) is 1. The molecular formula is C12H11F5O2. The summed E-state index contributed by atoms with van der Waals surface area (Å²) in [6.07, 6.45) is -5.11. The van der Waals surface area contributed by atoms with Gasteiger partial charge >= 0.3 is 6.18 Å². The van der Waals surface area contributed by atoms with Crippen molar-refractivity contribution >= 4 is 5.78 Å². The normalized spacial score (nSPS) is 11.6. The Morgan fingerprint density at radius 3 is 2.53 bits per heavy atom. The Balaban J connectivity index is 2.38. The summed E-state index contributed by atoms with van der Waals surface area (Å²) in [6.45, 7) is -1.84. The second-order valence-corrected chi connectivity index (χ2v) is 3.85. The molecule has 0 aliphatic carbocycles. The van der Waals surface area contributed by atoms with Crippen molar-refractivity contribution in [2.24, 2.45) is 0 Å². The highest BCUT2D eigenvalue weighted by Gasteiger charge is 2.27. The molecule has 0 N–H and O–H groups in total. The molecule has 0 heterocycles. The number of alkyl halides is 3. The van der Waals surface area contributed by atoms with Crippen LogP contribution in [0.4, 0.5) is 22.0 Å². The van der Waals surface area contributed by atoms with Crippen molar-refractivity contribution in [3.8, 4) is 0 Å². The molecule has 0 bridgehead atoms. The Labute approximate surface area is 106 Å². The van der Waals surface area contributed by atoms with E-state index in [-0.39, 0.29) is 18.4 Å². The highest BCUT2D eigenvalue weighted by molar-refractivity contribution is 5.80. The monoisotopic (exact) mass is 282 g/mol. The van der Waals surface area contributed by atoms with Crippen LogP contribution in [-0.4, -0.2) is 25.2 Å². The average Bonchev–Trinajstić information content (AvgIpc) is 2.29. The van der Waals surface area contributed by atoms with E-state index in [1.807, 2.05) is 0 Å². The predicted octanol–water partition coefficient (Wildman–Crippen LogP) is 3.05. The maximum absolute atomic E-state index is 13.2. The Kier molecular flexibility index (Phi) is 5.41. The summed E-state index contributed by atoms with van der Waals surface area (Å²) in [7, 11) is 0. The zero-order chi connectivity index (χ0) is 14.5. The van der Waals surface area contributed by atoms with Gasteiger partial charge in [-0.1, -0.05) is 12.1 Å². The van der Waals surface area contributed by atoms with Crippen LogP contribution >= 0.6 is 0 Å². The number of Topliss-reactive ketones (excluding diaryl/α,β-unsaturated/α-hetero) is 1. The van der Waals surface area contributed by atoms with E-state index in [4.69, 9.17) is 0 Å². The third-order valence-electron chi connectivity index (χ3n) is 2.21. The van der Waals surface area contributed by atoms with Crippen LogP contribution in [-0.2, 0) is 16.0 Å². The zero-order valence-electron chi connectivity index (χ0n) is 9.77. The minimum absolute atomic E-state index is 0.124. The quantitative estimate of drug-likeness (QED) is 0.592. The topological polar surface area (TPSA) is 26.3 Å². The molecule has 1 aromatic carbocycles. The van der Waals surface area contributed by atoms with Gasteiger partial charge in [-0.3, -0.25) is 4.79 Å². The predicted molar refractivity (Wildman–Crippen MR) is 56.6 cm³/mol. The lowest BCUT2D eigenvalue weighted by molar-refractivity contribution is -0.174. The first-order chi connectivity index (χ1) is 8.79. The summed E-state index contributed by atoms with van der Waals surface area (Å²) < 4.78 is 65.4. The number of ketones is 1. The van der Waals surface area contributed by atoms with E-state index in [1.54, 1.807) is 0 Å². The highest BCUT2D eigenvalue weighted by Crippen LogP contribution is 2.15. The molecule has 0 amide bonds. The summed E-state index contributed by atoms with van der Waals surface area (Å²) >= 11 is 0. The van der Waals surface area contributed by atoms with Gasteiger partial charge in [0, 0.05) is 12.8 Å². The molecule has 0 saturated heterocycles. The Morgan fingerprint density at radius 1 is 1.21 bits per heavy atom.